The Balaban J connectivity index is 1.12. The van der Waals surface area contributed by atoms with Crippen LogP contribution in [0.1, 0.15) is 96.6 Å². The molecule has 6 bridgehead atoms. The number of amides is 5. The number of carbonyl (C=O) groups excluding carboxylic acids is 5. The monoisotopic (exact) mass is 1130 g/mol. The van der Waals surface area contributed by atoms with Gasteiger partial charge in [0.25, 0.3) is 5.91 Å². The van der Waals surface area contributed by atoms with Crippen LogP contribution in [0.2, 0.25) is 0 Å². The molecule has 0 saturated carbocycles. The molecule has 0 aliphatic carbocycles. The van der Waals surface area contributed by atoms with E-state index in [0.29, 0.717) is 84.5 Å². The first-order chi connectivity index (χ1) is 35.3. The molecule has 3 fully saturated rings. The van der Waals surface area contributed by atoms with Gasteiger partial charge >= 0.3 is 12.0 Å². The van der Waals surface area contributed by atoms with Crippen LogP contribution in [0.3, 0.4) is 0 Å². The molecule has 5 aliphatic heterocycles. The molecule has 5 atom stereocenters. The quantitative estimate of drug-likeness (QED) is 0.101. The second-order valence-corrected chi connectivity index (χ2v) is 23.2. The number of ether oxygens (including phenoxy) is 2. The third-order valence-electron chi connectivity index (χ3n) is 16.5. The molecule has 5 amide bonds. The third kappa shape index (κ3) is 11.0. The number of likely N-dealkylation sites (tertiary alicyclic amines) is 1. The number of aryl methyl sites for hydroxylation is 1. The number of urea groups is 1. The highest BCUT2D eigenvalue weighted by Gasteiger charge is 2.49. The van der Waals surface area contributed by atoms with Crippen LogP contribution < -0.4 is 10.7 Å². The van der Waals surface area contributed by atoms with Crippen molar-refractivity contribution in [1.82, 2.24) is 49.8 Å². The molecule has 3 aromatic rings. The number of nitrogens with zero attached hydrogens (tertiary/aromatic N) is 8. The van der Waals surface area contributed by atoms with E-state index in [-0.39, 0.29) is 53.0 Å². The lowest BCUT2D eigenvalue weighted by atomic mass is 9.83. The van der Waals surface area contributed by atoms with Crippen LogP contribution in [0.5, 0.6) is 0 Å². The van der Waals surface area contributed by atoms with E-state index in [0.717, 1.165) is 57.5 Å². The van der Waals surface area contributed by atoms with Gasteiger partial charge in [-0.15, -0.1) is 0 Å². The topological polar surface area (TPSA) is 165 Å². The molecule has 17 nitrogen and oxygen atoms in total. The Kier molecular flexibility index (Phi) is 17.0. The number of cyclic esters (lactones) is 1. The largest absolute Gasteiger partial charge is 0.464 e. The van der Waals surface area contributed by atoms with Crippen molar-refractivity contribution in [2.24, 2.45) is 11.3 Å². The zero-order valence-electron chi connectivity index (χ0n) is 45.2. The number of hydrogen-bond acceptors (Lipinski definition) is 11. The number of aromatic nitrogens is 2. The summed E-state index contributed by atoms with van der Waals surface area (Å²) in [5.74, 6) is -1.59. The number of piperazine rings is 1. The number of rotatable bonds is 10. The summed E-state index contributed by atoms with van der Waals surface area (Å²) in [6.45, 7) is 21.4. The van der Waals surface area contributed by atoms with Gasteiger partial charge in [0.05, 0.1) is 24.1 Å². The second kappa shape index (κ2) is 22.8. The van der Waals surface area contributed by atoms with Gasteiger partial charge in [0.2, 0.25) is 11.8 Å². The molecule has 3 saturated heterocycles. The van der Waals surface area contributed by atoms with Crippen molar-refractivity contribution in [2.45, 2.75) is 116 Å². The zero-order chi connectivity index (χ0) is 53.3. The molecule has 2 N–H and O–H groups in total. The fourth-order valence-electron chi connectivity index (χ4n) is 12.2. The van der Waals surface area contributed by atoms with Crippen molar-refractivity contribution in [3.63, 3.8) is 0 Å². The Labute approximate surface area is 451 Å². The lowest BCUT2D eigenvalue weighted by molar-refractivity contribution is -0.157. The highest BCUT2D eigenvalue weighted by atomic mass is 127. The van der Waals surface area contributed by atoms with Crippen LogP contribution in [-0.4, -0.2) is 183 Å². The van der Waals surface area contributed by atoms with E-state index in [1.165, 1.54) is 16.0 Å². The predicted molar refractivity (Wildman–Crippen MR) is 296 cm³/mol. The minimum atomic E-state index is -1.45. The highest BCUT2D eigenvalue weighted by Crippen LogP contribution is 2.42. The summed E-state index contributed by atoms with van der Waals surface area (Å²) in [5, 5.41) is 5.94. The van der Waals surface area contributed by atoms with Crippen molar-refractivity contribution in [2.75, 3.05) is 91.1 Å². The van der Waals surface area contributed by atoms with Gasteiger partial charge in [0.1, 0.15) is 17.6 Å². The maximum atomic E-state index is 15.4. The van der Waals surface area contributed by atoms with Gasteiger partial charge in [-0.2, -0.15) is 0 Å². The number of benzene rings is 1. The smallest absolute Gasteiger partial charge is 0.324 e. The number of piperidine rings is 1. The number of hydrazine groups is 1. The van der Waals surface area contributed by atoms with Gasteiger partial charge in [0, 0.05) is 118 Å². The summed E-state index contributed by atoms with van der Waals surface area (Å²) in [4.78, 5) is 86.5. The van der Waals surface area contributed by atoms with E-state index in [4.69, 9.17) is 14.5 Å². The van der Waals surface area contributed by atoms with Crippen molar-refractivity contribution in [1.29, 1.82) is 0 Å². The molecule has 2 aromatic heterocycles. The van der Waals surface area contributed by atoms with Crippen LogP contribution in [0.4, 0.5) is 4.79 Å². The standard InChI is InChI=1S/C56H79IN10O7/c1-11-46(68)65-29-28-61(8)55(34-65)21-26-64(27-22-55)53(72)62(9)48(37(3)4)50(69)59-56(33-57)35-63-24-14-16-40(32-63)39-19-20-45-42(30-39)43(49(66(45)12-2)41-17-13-23-58-47(41)38(5)73-10)31-54(6,7)36-74-51(70)44-18-15-25-67(60-44)52(56)71/h11,13,16-17,19-20,23,30,37-38,44,48,60H,1,12,14-15,18,21-22,24-29,31-36H2,2-10H3,(H,59,69)/t38-,44-,48-,56-/m0/s1. The van der Waals surface area contributed by atoms with Crippen LogP contribution in [-0.2, 0) is 41.6 Å². The molecule has 74 heavy (non-hydrogen) atoms. The lowest BCUT2D eigenvalue weighted by Crippen LogP contribution is -2.71. The Morgan fingerprint density at radius 2 is 1.81 bits per heavy atom. The molecule has 7 heterocycles. The van der Waals surface area contributed by atoms with Gasteiger partial charge in [0.15, 0.2) is 0 Å². The zero-order valence-corrected chi connectivity index (χ0v) is 47.3. The average Bonchev–Trinajstić information content (AvgIpc) is 3.70. The molecule has 1 unspecified atom stereocenters. The molecule has 1 aromatic carbocycles. The van der Waals surface area contributed by atoms with E-state index in [9.17, 15) is 14.4 Å². The molecule has 5 aliphatic rings. The number of pyridine rings is 1. The summed E-state index contributed by atoms with van der Waals surface area (Å²) < 4.78 is 14.7. The summed E-state index contributed by atoms with van der Waals surface area (Å²) in [7, 11) is 5.47. The van der Waals surface area contributed by atoms with E-state index in [1.807, 2.05) is 42.8 Å². The summed E-state index contributed by atoms with van der Waals surface area (Å²) >= 11 is 2.21. The number of alkyl halides is 1. The van der Waals surface area contributed by atoms with Gasteiger partial charge < -0.3 is 34.1 Å². The number of carbonyl (C=O) groups is 5. The fraction of sp³-hybridized carbons (Fsp3) is 0.607. The van der Waals surface area contributed by atoms with Crippen molar-refractivity contribution in [3.8, 4) is 11.3 Å². The fourth-order valence-corrected chi connectivity index (χ4v) is 12.9. The number of likely N-dealkylation sites (N-methyl/N-ethyl adjacent to an activating group) is 2. The molecule has 8 rings (SSSR count). The number of esters is 1. The molecule has 1 spiro atoms. The number of nitrogens with one attached hydrogen (secondary N) is 2. The van der Waals surface area contributed by atoms with Crippen LogP contribution >= 0.6 is 22.6 Å². The van der Waals surface area contributed by atoms with Crippen LogP contribution in [0.15, 0.2) is 55.3 Å². The number of halogens is 1. The minimum Gasteiger partial charge on any atom is -0.464 e. The maximum Gasteiger partial charge on any atom is 0.324 e. The molecule has 0 radical (unpaired) electrons. The molecular weight excluding hydrogens is 1050 g/mol. The summed E-state index contributed by atoms with van der Waals surface area (Å²) in [5.41, 5.74) is 8.42. The average molecular weight is 1130 g/mol. The second-order valence-electron chi connectivity index (χ2n) is 22.5. The Bertz CT molecular complexity index is 2640. The third-order valence-corrected chi connectivity index (χ3v) is 17.8. The van der Waals surface area contributed by atoms with E-state index >= 15 is 9.59 Å². The van der Waals surface area contributed by atoms with Gasteiger partial charge in [-0.3, -0.25) is 39.0 Å². The first-order valence-corrected chi connectivity index (χ1v) is 28.1. The SMILES string of the molecule is C=CC(=O)N1CCN(C)C2(CCN(C(=O)N(C)[C@H](C(=O)N[C@@]3(CI)CN4CCC=C(C4)c4ccc5c(c4)c(c(-c4cccnc4[C@H](C)OC)n5CC)CC(C)(C)COC(=O)[C@@H]4CCCN(N4)C3=O)C(C)C)CC2)C1. The Morgan fingerprint density at radius 1 is 1.05 bits per heavy atom. The molecular formula is C56H79IN10O7. The summed E-state index contributed by atoms with van der Waals surface area (Å²) in [6, 6.07) is 8.85. The van der Waals surface area contributed by atoms with Gasteiger partial charge in [-0.05, 0) is 112 Å². The van der Waals surface area contributed by atoms with Crippen LogP contribution in [0, 0.1) is 11.3 Å². The first kappa shape index (κ1) is 55.3. The molecule has 18 heteroatoms. The Hall–Kier alpha value is -4.89. The number of fused-ring (bicyclic) bond motifs is 6. The van der Waals surface area contributed by atoms with Crippen molar-refractivity contribution < 1.29 is 33.4 Å². The van der Waals surface area contributed by atoms with Crippen molar-refractivity contribution >= 4 is 68.8 Å². The van der Waals surface area contributed by atoms with Gasteiger partial charge in [-0.25, -0.2) is 10.2 Å². The number of methoxy groups -OCH3 is 1. The number of hydrogen-bond donors (Lipinski definition) is 2. The van der Waals surface area contributed by atoms with E-state index < -0.39 is 34.9 Å². The van der Waals surface area contributed by atoms with Crippen LogP contribution in [0.25, 0.3) is 27.7 Å². The van der Waals surface area contributed by atoms with Gasteiger partial charge in [-0.1, -0.05) is 69.0 Å². The Morgan fingerprint density at radius 3 is 2.50 bits per heavy atom. The van der Waals surface area contributed by atoms with Crippen molar-refractivity contribution in [3.05, 3.63) is 72.1 Å². The molecule has 402 valence electrons. The predicted octanol–water partition coefficient (Wildman–Crippen LogP) is 6.30. The first-order valence-electron chi connectivity index (χ1n) is 26.6. The highest BCUT2D eigenvalue weighted by molar-refractivity contribution is 14.1. The normalized spacial score (nSPS) is 24.5. The van der Waals surface area contributed by atoms with E-state index in [1.54, 1.807) is 14.2 Å². The van der Waals surface area contributed by atoms with E-state index in [2.05, 4.69) is 112 Å². The summed E-state index contributed by atoms with van der Waals surface area (Å²) in [6.07, 6.45) is 8.95. The minimum absolute atomic E-state index is 0.0835. The lowest BCUT2D eigenvalue weighted by Gasteiger charge is -2.53. The maximum absolute atomic E-state index is 15.4.